The van der Waals surface area contributed by atoms with Gasteiger partial charge in [-0.25, -0.2) is 8.78 Å². The molecule has 0 radical (unpaired) electrons. The van der Waals surface area contributed by atoms with Crippen LogP contribution in [0.4, 0.5) is 8.78 Å². The van der Waals surface area contributed by atoms with E-state index >= 15 is 0 Å². The summed E-state index contributed by atoms with van der Waals surface area (Å²) in [5, 5.41) is 9.29. The molecule has 17 heavy (non-hydrogen) atoms. The van der Waals surface area contributed by atoms with Gasteiger partial charge < -0.3 is 9.84 Å². The van der Waals surface area contributed by atoms with Crippen LogP contribution in [0.25, 0.3) is 0 Å². The molecule has 0 bridgehead atoms. The summed E-state index contributed by atoms with van der Waals surface area (Å²) in [6.45, 7) is 0. The molecule has 0 atom stereocenters. The van der Waals surface area contributed by atoms with Crippen LogP contribution in [0, 0.1) is 11.6 Å². The number of phenolic OH excluding ortho intramolecular Hbond substituents is 1. The van der Waals surface area contributed by atoms with Crippen LogP contribution in [0.2, 0.25) is 5.02 Å². The Morgan fingerprint density at radius 3 is 2.53 bits per heavy atom. The first kappa shape index (κ1) is 11.7. The molecule has 0 fully saturated rings. The van der Waals surface area contributed by atoms with Gasteiger partial charge >= 0.3 is 0 Å². The van der Waals surface area contributed by atoms with Crippen molar-refractivity contribution in [2.75, 3.05) is 0 Å². The lowest BCUT2D eigenvalue weighted by Gasteiger charge is -2.08. The third kappa shape index (κ3) is 2.47. The van der Waals surface area contributed by atoms with Crippen molar-refractivity contribution in [1.29, 1.82) is 0 Å². The fourth-order valence-corrected chi connectivity index (χ4v) is 1.42. The van der Waals surface area contributed by atoms with E-state index < -0.39 is 11.6 Å². The topological polar surface area (TPSA) is 29.5 Å². The Kier molecular flexibility index (Phi) is 3.15. The second kappa shape index (κ2) is 4.59. The van der Waals surface area contributed by atoms with Gasteiger partial charge in [0.15, 0.2) is 11.6 Å². The summed E-state index contributed by atoms with van der Waals surface area (Å²) in [6, 6.07) is 7.24. The van der Waals surface area contributed by atoms with Crippen LogP contribution < -0.4 is 4.74 Å². The van der Waals surface area contributed by atoms with Crippen LogP contribution in [0.3, 0.4) is 0 Å². The van der Waals surface area contributed by atoms with E-state index in [1.807, 2.05) is 0 Å². The zero-order valence-electron chi connectivity index (χ0n) is 8.45. The smallest absolute Gasteiger partial charge is 0.168 e. The zero-order chi connectivity index (χ0) is 12.4. The number of rotatable bonds is 2. The highest BCUT2D eigenvalue weighted by Gasteiger charge is 2.10. The van der Waals surface area contributed by atoms with E-state index in [0.717, 1.165) is 12.1 Å². The Bertz CT molecular complexity index is 558. The van der Waals surface area contributed by atoms with E-state index in [0.29, 0.717) is 6.07 Å². The van der Waals surface area contributed by atoms with E-state index in [-0.39, 0.29) is 22.3 Å². The summed E-state index contributed by atoms with van der Waals surface area (Å²) in [5.74, 6) is -1.79. The second-order valence-corrected chi connectivity index (χ2v) is 3.64. The zero-order valence-corrected chi connectivity index (χ0v) is 9.21. The van der Waals surface area contributed by atoms with Gasteiger partial charge in [-0.2, -0.15) is 0 Å². The van der Waals surface area contributed by atoms with Gasteiger partial charge in [0.1, 0.15) is 22.3 Å². The van der Waals surface area contributed by atoms with Crippen LogP contribution in [0.1, 0.15) is 0 Å². The maximum absolute atomic E-state index is 13.3. The van der Waals surface area contributed by atoms with E-state index in [1.54, 1.807) is 0 Å². The van der Waals surface area contributed by atoms with Crippen molar-refractivity contribution in [2.24, 2.45) is 0 Å². The summed E-state index contributed by atoms with van der Waals surface area (Å²) in [7, 11) is 0. The van der Waals surface area contributed by atoms with Crippen molar-refractivity contribution in [3.05, 3.63) is 53.1 Å². The number of phenols is 1. The molecule has 0 spiro atoms. The summed E-state index contributed by atoms with van der Waals surface area (Å²) < 4.78 is 31.1. The number of aromatic hydroxyl groups is 1. The number of benzene rings is 2. The Morgan fingerprint density at radius 2 is 1.82 bits per heavy atom. The van der Waals surface area contributed by atoms with E-state index in [4.69, 9.17) is 16.3 Å². The first-order valence-electron chi connectivity index (χ1n) is 4.68. The minimum absolute atomic E-state index is 0.0313. The molecule has 0 aliphatic rings. The first-order chi connectivity index (χ1) is 8.08. The Morgan fingerprint density at radius 1 is 1.06 bits per heavy atom. The van der Waals surface area contributed by atoms with Gasteiger partial charge in [0.25, 0.3) is 0 Å². The van der Waals surface area contributed by atoms with Gasteiger partial charge in [-0.15, -0.1) is 0 Å². The van der Waals surface area contributed by atoms with Crippen LogP contribution in [-0.4, -0.2) is 5.11 Å². The Balaban J connectivity index is 2.35. The van der Waals surface area contributed by atoms with Gasteiger partial charge in [-0.3, -0.25) is 0 Å². The van der Waals surface area contributed by atoms with Crippen LogP contribution in [-0.2, 0) is 0 Å². The molecular weight excluding hydrogens is 250 g/mol. The molecule has 2 aromatic rings. The maximum atomic E-state index is 13.3. The van der Waals surface area contributed by atoms with Gasteiger partial charge in [-0.05, 0) is 24.3 Å². The molecule has 2 rings (SSSR count). The van der Waals surface area contributed by atoms with Gasteiger partial charge in [0.05, 0.1) is 0 Å². The third-order valence-electron chi connectivity index (χ3n) is 2.06. The second-order valence-electron chi connectivity index (χ2n) is 3.27. The first-order valence-corrected chi connectivity index (χ1v) is 5.06. The lowest BCUT2D eigenvalue weighted by molar-refractivity contribution is 0.429. The lowest BCUT2D eigenvalue weighted by Crippen LogP contribution is -1.90. The number of ether oxygens (including phenoxy) is 1. The van der Waals surface area contributed by atoms with E-state index in [9.17, 15) is 13.9 Å². The number of hydrogen-bond acceptors (Lipinski definition) is 2. The van der Waals surface area contributed by atoms with Crippen molar-refractivity contribution >= 4 is 11.6 Å². The largest absolute Gasteiger partial charge is 0.506 e. The lowest BCUT2D eigenvalue weighted by atomic mass is 10.3. The van der Waals surface area contributed by atoms with Crippen molar-refractivity contribution in [1.82, 2.24) is 0 Å². The highest BCUT2D eigenvalue weighted by atomic mass is 35.5. The highest BCUT2D eigenvalue weighted by Crippen LogP contribution is 2.36. The molecule has 0 saturated carbocycles. The molecule has 1 N–H and O–H groups in total. The molecular formula is C12H7ClF2O2. The van der Waals surface area contributed by atoms with Gasteiger partial charge in [-0.1, -0.05) is 17.7 Å². The molecule has 0 unspecified atom stereocenters. The van der Waals surface area contributed by atoms with Gasteiger partial charge in [0.2, 0.25) is 0 Å². The van der Waals surface area contributed by atoms with Crippen LogP contribution in [0.5, 0.6) is 17.2 Å². The van der Waals surface area contributed by atoms with Crippen molar-refractivity contribution < 1.29 is 18.6 Å². The minimum Gasteiger partial charge on any atom is -0.506 e. The summed E-state index contributed by atoms with van der Waals surface area (Å²) in [6.07, 6.45) is 0. The number of hydrogen-bond donors (Lipinski definition) is 1. The highest BCUT2D eigenvalue weighted by molar-refractivity contribution is 6.33. The molecule has 0 heterocycles. The monoisotopic (exact) mass is 256 g/mol. The average Bonchev–Trinajstić information content (AvgIpc) is 2.28. The quantitative estimate of drug-likeness (QED) is 0.876. The summed E-state index contributed by atoms with van der Waals surface area (Å²) in [4.78, 5) is 0. The van der Waals surface area contributed by atoms with Gasteiger partial charge in [0, 0.05) is 6.07 Å². The number of halogens is 3. The van der Waals surface area contributed by atoms with Crippen molar-refractivity contribution in [3.8, 4) is 17.2 Å². The van der Waals surface area contributed by atoms with E-state index in [2.05, 4.69) is 0 Å². The van der Waals surface area contributed by atoms with Crippen LogP contribution >= 0.6 is 11.6 Å². The van der Waals surface area contributed by atoms with Crippen molar-refractivity contribution in [3.63, 3.8) is 0 Å². The summed E-state index contributed by atoms with van der Waals surface area (Å²) in [5.41, 5.74) is 0. The fraction of sp³-hybridized carbons (Fsp3) is 0. The Labute approximate surface area is 101 Å². The third-order valence-corrected chi connectivity index (χ3v) is 2.44. The summed E-state index contributed by atoms with van der Waals surface area (Å²) >= 11 is 5.76. The predicted octanol–water partition coefficient (Wildman–Crippen LogP) is 4.12. The molecule has 0 aliphatic carbocycles. The molecule has 0 aliphatic heterocycles. The fourth-order valence-electron chi connectivity index (χ4n) is 1.25. The molecule has 0 aromatic heterocycles. The molecule has 2 nitrogen and oxygen atoms in total. The SMILES string of the molecule is Oc1cccc(Oc2ccc(F)cc2F)c1Cl. The van der Waals surface area contributed by atoms with E-state index in [1.165, 1.54) is 18.2 Å². The molecule has 0 saturated heterocycles. The molecule has 2 aromatic carbocycles. The Hall–Kier alpha value is -1.81. The predicted molar refractivity (Wildman–Crippen MR) is 59.5 cm³/mol. The van der Waals surface area contributed by atoms with Crippen molar-refractivity contribution in [2.45, 2.75) is 0 Å². The maximum Gasteiger partial charge on any atom is 0.168 e. The molecule has 5 heteroatoms. The molecule has 0 amide bonds. The standard InChI is InChI=1S/C12H7ClF2O2/c13-12-9(16)2-1-3-11(12)17-10-5-4-7(14)6-8(10)15/h1-6,16H. The molecule has 88 valence electrons. The van der Waals surface area contributed by atoms with Crippen LogP contribution in [0.15, 0.2) is 36.4 Å². The minimum atomic E-state index is -0.843. The average molecular weight is 257 g/mol. The normalized spacial score (nSPS) is 10.3.